The second-order valence-corrected chi connectivity index (χ2v) is 27.6. The van der Waals surface area contributed by atoms with Crippen LogP contribution in [0.15, 0.2) is 182 Å². The molecule has 0 fully saturated rings. The minimum atomic E-state index is -0.245. The summed E-state index contributed by atoms with van der Waals surface area (Å²) in [5.41, 5.74) is 4.31. The summed E-state index contributed by atoms with van der Waals surface area (Å²) in [6, 6.07) is 41.9. The number of halogens is 4. The third-order valence-electron chi connectivity index (χ3n) is 17.2. The first-order chi connectivity index (χ1) is 54.1. The maximum atomic E-state index is 12.9. The van der Waals surface area contributed by atoms with Crippen LogP contribution in [0.4, 0.5) is 0 Å². The van der Waals surface area contributed by atoms with Gasteiger partial charge in [-0.2, -0.15) is 0 Å². The predicted octanol–water partition coefficient (Wildman–Crippen LogP) is 18.0. The van der Waals surface area contributed by atoms with Crippen molar-refractivity contribution in [3.05, 3.63) is 206 Å². The van der Waals surface area contributed by atoms with Crippen molar-refractivity contribution < 1.29 is 98.2 Å². The van der Waals surface area contributed by atoms with Gasteiger partial charge in [-0.1, -0.05) is 30.3 Å². The second kappa shape index (κ2) is 38.0. The molecule has 13 aromatic rings. The second-order valence-electron chi connectivity index (χ2n) is 23.3. The molecule has 0 radical (unpaired) electrons. The van der Waals surface area contributed by atoms with Crippen molar-refractivity contribution in [2.45, 2.75) is 6.61 Å². The molecule has 0 aliphatic carbocycles. The molecule has 29 heteroatoms. The summed E-state index contributed by atoms with van der Waals surface area (Å²) in [6.45, 7) is 0.416. The summed E-state index contributed by atoms with van der Waals surface area (Å²) < 4.78 is 119. The van der Waals surface area contributed by atoms with Gasteiger partial charge in [0.15, 0.2) is 79.2 Å². The summed E-state index contributed by atoms with van der Waals surface area (Å²) in [4.78, 5) is 51.3. The molecule has 13 rings (SSSR count). The average Bonchev–Trinajstić information content (AvgIpc) is 0.791. The summed E-state index contributed by atoms with van der Waals surface area (Å²) in [5, 5.41) is 1.47. The lowest BCUT2D eigenvalue weighted by molar-refractivity contribution is 0.284. The van der Waals surface area contributed by atoms with Crippen LogP contribution in [-0.2, 0) is 6.61 Å². The molecule has 0 aliphatic heterocycles. The zero-order valence-corrected chi connectivity index (χ0v) is 71.9. The highest BCUT2D eigenvalue weighted by atomic mass is 127. The van der Waals surface area contributed by atoms with Gasteiger partial charge < -0.3 is 98.2 Å². The molecule has 584 valence electrons. The minimum Gasteiger partial charge on any atom is -0.497 e. The van der Waals surface area contributed by atoms with E-state index < -0.39 is 0 Å². The van der Waals surface area contributed by atoms with Gasteiger partial charge in [-0.15, -0.1) is 0 Å². The minimum absolute atomic E-state index is 0.167. The van der Waals surface area contributed by atoms with Crippen molar-refractivity contribution in [2.75, 3.05) is 114 Å². The third-order valence-corrected chi connectivity index (χ3v) is 21.3. The van der Waals surface area contributed by atoms with Crippen LogP contribution in [-0.4, -0.2) is 114 Å². The molecule has 112 heavy (non-hydrogen) atoms. The van der Waals surface area contributed by atoms with Crippen LogP contribution < -0.4 is 102 Å². The van der Waals surface area contributed by atoms with E-state index in [0.29, 0.717) is 193 Å². The Morgan fingerprint density at radius 3 is 0.946 bits per heavy atom. The third kappa shape index (κ3) is 17.6. The molecule has 0 bridgehead atoms. The molecule has 0 spiro atoms. The molecule has 25 nitrogen and oxygen atoms in total. The molecular weight excluding hydrogens is 1900 g/mol. The van der Waals surface area contributed by atoms with E-state index in [9.17, 15) is 19.2 Å². The average molecular weight is 1980 g/mol. The molecule has 0 N–H and O–H groups in total. The van der Waals surface area contributed by atoms with Gasteiger partial charge in [0.2, 0.25) is 5.75 Å². The zero-order chi connectivity index (χ0) is 80.8. The van der Waals surface area contributed by atoms with Crippen LogP contribution in [0.1, 0.15) is 5.56 Å². The maximum absolute atomic E-state index is 12.9. The van der Waals surface area contributed by atoms with Gasteiger partial charge in [-0.05, 0) is 157 Å². The van der Waals surface area contributed by atoms with E-state index in [4.69, 9.17) is 98.2 Å². The molecule has 0 unspecified atom stereocenters. The van der Waals surface area contributed by atoms with E-state index in [1.165, 1.54) is 95.4 Å². The first kappa shape index (κ1) is 83.8. The Bertz CT molecular complexity index is 5830. The van der Waals surface area contributed by atoms with Crippen molar-refractivity contribution in [3.8, 4) is 143 Å². The zero-order valence-electron chi connectivity index (χ0n) is 63.3. The Balaban J connectivity index is 0.000000159. The topological polar surface area (TPSA) is 278 Å². The normalized spacial score (nSPS) is 10.7. The van der Waals surface area contributed by atoms with Gasteiger partial charge >= 0.3 is 0 Å². The standard InChI is InChI=1S/C25H21IO6.2C20H19IO7.C18H15IO5/c1-28-20-11-16(9-10-18(20)31-14-15-7-5-4-6-8-15)19-12-17(27)23-21(32-19)13-22(29-2)24(26)25(23)30-3;1-23-12-8-15(25-3)14(24-2)6-10(12)13-7-11(22)18-16(28-13)9-17(26-4)19(21)20(18)27-5;1-23-14-9-13-17(20(27-5)18(14)21)11(22)8-12(28-13)10-6-15(24-2)19(26-4)16(7-10)25-3;1-21-11-6-4-10(5-7-11)13-8-12(20)16-14(24-13)9-15(22-2)17(19)18(16)23-3/h4-13H,14H2,1-3H3;2*6-9H,1-5H3;4-9H,1-3H3. The molecule has 4 heterocycles. The van der Waals surface area contributed by atoms with Gasteiger partial charge in [-0.25, -0.2) is 0 Å². The lowest BCUT2D eigenvalue weighted by Crippen LogP contribution is -2.05. The number of rotatable bonds is 23. The van der Waals surface area contributed by atoms with E-state index >= 15 is 0 Å². The van der Waals surface area contributed by atoms with E-state index in [0.717, 1.165) is 20.4 Å². The Morgan fingerprint density at radius 1 is 0.259 bits per heavy atom. The van der Waals surface area contributed by atoms with Gasteiger partial charge in [0.1, 0.15) is 108 Å². The molecule has 0 saturated carbocycles. The van der Waals surface area contributed by atoms with E-state index in [1.807, 2.05) is 60.7 Å². The fourth-order valence-corrected chi connectivity index (χ4v) is 15.2. The molecule has 0 saturated heterocycles. The summed E-state index contributed by atoms with van der Waals surface area (Å²) in [7, 11) is 24.6. The largest absolute Gasteiger partial charge is 0.497 e. The first-order valence-corrected chi connectivity index (χ1v) is 37.6. The van der Waals surface area contributed by atoms with Gasteiger partial charge in [0.05, 0.1) is 134 Å². The van der Waals surface area contributed by atoms with Gasteiger partial charge in [0.25, 0.3) is 0 Å². The van der Waals surface area contributed by atoms with Crippen LogP contribution in [0.25, 0.3) is 89.2 Å². The SMILES string of the molecule is COc1cc(-c2cc(=O)c3c(OC)c(I)c(OC)cc3o2)ccc1OCc1ccccc1.COc1cc(OC)c(-c2cc(=O)c3c(OC)c(I)c(OC)cc3o2)cc1OC.COc1cc2oc(-c3cc(OC)c(OC)c(OC)c3)cc(=O)c2c(OC)c1I.COc1ccc(-c2cc(=O)c3c(OC)c(I)c(OC)cc3o2)cc1. The van der Waals surface area contributed by atoms with Gasteiger partial charge in [-0.3, -0.25) is 19.2 Å². The molecule has 0 atom stereocenters. The Kier molecular flexibility index (Phi) is 28.5. The molecule has 0 amide bonds. The fraction of sp³-hybridized carbons (Fsp3) is 0.205. The van der Waals surface area contributed by atoms with Crippen LogP contribution in [0.2, 0.25) is 0 Å². The van der Waals surface area contributed by atoms with Crippen molar-refractivity contribution in [1.82, 2.24) is 0 Å². The molecular formula is C83H74I4O25. The monoisotopic (exact) mass is 1980 g/mol. The Hall–Kier alpha value is -10.7. The fourth-order valence-electron chi connectivity index (χ4n) is 11.8. The first-order valence-electron chi connectivity index (χ1n) is 33.2. The highest BCUT2D eigenvalue weighted by Crippen LogP contribution is 2.47. The number of benzene rings is 9. The molecule has 4 aromatic heterocycles. The maximum Gasteiger partial charge on any atom is 0.203 e. The van der Waals surface area contributed by atoms with Crippen molar-refractivity contribution in [1.29, 1.82) is 0 Å². The quantitative estimate of drug-likeness (QED) is 0.0538. The number of hydrogen-bond donors (Lipinski definition) is 0. The van der Waals surface area contributed by atoms with Crippen molar-refractivity contribution in [3.63, 3.8) is 0 Å². The van der Waals surface area contributed by atoms with E-state index in [-0.39, 0.29) is 21.7 Å². The van der Waals surface area contributed by atoms with E-state index in [2.05, 4.69) is 90.4 Å². The lowest BCUT2D eigenvalue weighted by atomic mass is 10.1. The van der Waals surface area contributed by atoms with Crippen LogP contribution in [0.5, 0.6) is 97.7 Å². The Morgan fingerprint density at radius 2 is 0.580 bits per heavy atom. The number of fused-ring (bicyclic) bond motifs is 4. The highest BCUT2D eigenvalue weighted by Gasteiger charge is 2.26. The van der Waals surface area contributed by atoms with E-state index in [1.54, 1.807) is 103 Å². The van der Waals surface area contributed by atoms with Crippen molar-refractivity contribution >= 4 is 134 Å². The number of ether oxygens (including phenoxy) is 17. The van der Waals surface area contributed by atoms with Crippen LogP contribution >= 0.6 is 90.4 Å². The summed E-state index contributed by atoms with van der Waals surface area (Å²) in [6.07, 6.45) is 0. The summed E-state index contributed by atoms with van der Waals surface area (Å²) >= 11 is 8.33. The van der Waals surface area contributed by atoms with Crippen molar-refractivity contribution in [2.24, 2.45) is 0 Å². The Labute approximate surface area is 696 Å². The highest BCUT2D eigenvalue weighted by molar-refractivity contribution is 14.1. The smallest absolute Gasteiger partial charge is 0.203 e. The van der Waals surface area contributed by atoms with Crippen LogP contribution in [0.3, 0.4) is 0 Å². The number of methoxy groups -OCH3 is 16. The van der Waals surface area contributed by atoms with Gasteiger partial charge in [0, 0.05) is 71.3 Å². The molecule has 0 aliphatic rings. The van der Waals surface area contributed by atoms with Crippen LogP contribution in [0, 0.1) is 14.3 Å². The lowest BCUT2D eigenvalue weighted by Gasteiger charge is -2.15. The molecule has 9 aromatic carbocycles. The summed E-state index contributed by atoms with van der Waals surface area (Å²) in [5.74, 6) is 10.2. The number of hydrogen-bond acceptors (Lipinski definition) is 25. The predicted molar refractivity (Wildman–Crippen MR) is 458 cm³/mol.